The molecule has 0 saturated carbocycles. The predicted octanol–water partition coefficient (Wildman–Crippen LogP) is 5.65. The van der Waals surface area contributed by atoms with E-state index in [4.69, 9.17) is 0 Å². The Morgan fingerprint density at radius 2 is 1.73 bits per heavy atom. The van der Waals surface area contributed by atoms with Crippen LogP contribution in [0, 0.1) is 5.82 Å². The van der Waals surface area contributed by atoms with Crippen LogP contribution in [0.15, 0.2) is 45.3 Å². The average molecular weight is 442 g/mol. The number of aliphatic hydroxyl groups is 1. The van der Waals surface area contributed by atoms with E-state index in [1.54, 1.807) is 0 Å². The summed E-state index contributed by atoms with van der Waals surface area (Å²) < 4.78 is 52.4. The van der Waals surface area contributed by atoms with Crippen molar-refractivity contribution in [2.24, 2.45) is 0 Å². The molecule has 1 nitrogen and oxygen atoms in total. The number of benzene rings is 2. The molecule has 0 aliphatic carbocycles. The lowest BCUT2D eigenvalue weighted by atomic mass is 10.00. The number of halogens is 6. The van der Waals surface area contributed by atoms with Gasteiger partial charge in [0.25, 0.3) is 0 Å². The molecule has 1 atom stereocenters. The SMILES string of the molecule is O[C@@H](Cc1cc(C(F)(F)F)ccc1Br)c1cc(F)cc(Br)c1. The molecule has 0 bridgehead atoms. The lowest BCUT2D eigenvalue weighted by Crippen LogP contribution is -2.08. The maximum atomic E-state index is 13.3. The Bertz CT molecular complexity index is 665. The molecule has 22 heavy (non-hydrogen) atoms. The van der Waals surface area contributed by atoms with Gasteiger partial charge in [0.05, 0.1) is 11.7 Å². The van der Waals surface area contributed by atoms with Crippen LogP contribution in [-0.4, -0.2) is 5.11 Å². The van der Waals surface area contributed by atoms with Crippen LogP contribution in [0.2, 0.25) is 0 Å². The smallest absolute Gasteiger partial charge is 0.388 e. The number of aliphatic hydroxyl groups excluding tert-OH is 1. The van der Waals surface area contributed by atoms with E-state index in [2.05, 4.69) is 31.9 Å². The molecule has 0 aliphatic rings. The minimum atomic E-state index is -4.46. The maximum Gasteiger partial charge on any atom is 0.416 e. The van der Waals surface area contributed by atoms with Gasteiger partial charge in [-0.1, -0.05) is 31.9 Å². The first-order valence-electron chi connectivity index (χ1n) is 6.16. The van der Waals surface area contributed by atoms with Crippen LogP contribution in [0.4, 0.5) is 17.6 Å². The van der Waals surface area contributed by atoms with Crippen LogP contribution in [0.25, 0.3) is 0 Å². The highest BCUT2D eigenvalue weighted by molar-refractivity contribution is 9.10. The fourth-order valence-corrected chi connectivity index (χ4v) is 2.89. The highest BCUT2D eigenvalue weighted by atomic mass is 79.9. The second-order valence-corrected chi connectivity index (χ2v) is 6.50. The molecule has 0 unspecified atom stereocenters. The summed E-state index contributed by atoms with van der Waals surface area (Å²) in [6, 6.07) is 7.12. The van der Waals surface area contributed by atoms with Gasteiger partial charge in [0, 0.05) is 15.4 Å². The molecule has 0 heterocycles. The Morgan fingerprint density at radius 1 is 1.05 bits per heavy atom. The Labute approximate surface area is 141 Å². The molecule has 0 aliphatic heterocycles. The van der Waals surface area contributed by atoms with Crippen LogP contribution in [0.1, 0.15) is 22.8 Å². The fraction of sp³-hybridized carbons (Fsp3) is 0.200. The highest BCUT2D eigenvalue weighted by Gasteiger charge is 2.31. The van der Waals surface area contributed by atoms with E-state index < -0.39 is 23.7 Å². The molecule has 0 spiro atoms. The topological polar surface area (TPSA) is 20.2 Å². The van der Waals surface area contributed by atoms with Gasteiger partial charge in [-0.25, -0.2) is 4.39 Å². The molecule has 0 aromatic heterocycles. The van der Waals surface area contributed by atoms with Crippen molar-refractivity contribution in [3.05, 3.63) is 67.9 Å². The van der Waals surface area contributed by atoms with Gasteiger partial charge in [0.2, 0.25) is 0 Å². The summed E-state index contributed by atoms with van der Waals surface area (Å²) in [6.07, 6.45) is -5.64. The molecule has 0 fully saturated rings. The molecule has 2 aromatic carbocycles. The van der Waals surface area contributed by atoms with Crippen molar-refractivity contribution in [1.82, 2.24) is 0 Å². The fourth-order valence-electron chi connectivity index (χ4n) is 2.00. The van der Waals surface area contributed by atoms with Crippen LogP contribution < -0.4 is 0 Å². The van der Waals surface area contributed by atoms with Gasteiger partial charge in [0.15, 0.2) is 0 Å². The predicted molar refractivity (Wildman–Crippen MR) is 81.9 cm³/mol. The van der Waals surface area contributed by atoms with Gasteiger partial charge in [-0.2, -0.15) is 13.2 Å². The summed E-state index contributed by atoms with van der Waals surface area (Å²) in [5.74, 6) is -0.536. The molecular weight excluding hydrogens is 432 g/mol. The standard InChI is InChI=1S/C15H10Br2F4O/c16-11-4-9(5-12(18)7-11)14(22)6-8-3-10(15(19,20)21)1-2-13(8)17/h1-5,7,14,22H,6H2/t14-/m0/s1. The quantitative estimate of drug-likeness (QED) is 0.610. The van der Waals surface area contributed by atoms with E-state index in [0.29, 0.717) is 14.5 Å². The van der Waals surface area contributed by atoms with E-state index in [1.807, 2.05) is 0 Å². The van der Waals surface area contributed by atoms with Crippen LogP contribution in [0.3, 0.4) is 0 Å². The van der Waals surface area contributed by atoms with E-state index >= 15 is 0 Å². The zero-order valence-corrected chi connectivity index (χ0v) is 14.1. The van der Waals surface area contributed by atoms with Crippen LogP contribution in [0.5, 0.6) is 0 Å². The van der Waals surface area contributed by atoms with E-state index in [-0.39, 0.29) is 12.0 Å². The molecule has 1 N–H and O–H groups in total. The highest BCUT2D eigenvalue weighted by Crippen LogP contribution is 2.33. The molecule has 7 heteroatoms. The monoisotopic (exact) mass is 440 g/mol. The zero-order chi connectivity index (χ0) is 16.5. The van der Waals surface area contributed by atoms with E-state index in [0.717, 1.165) is 18.2 Å². The van der Waals surface area contributed by atoms with Gasteiger partial charge in [-0.15, -0.1) is 0 Å². The third-order valence-electron chi connectivity index (χ3n) is 3.06. The maximum absolute atomic E-state index is 13.3. The summed E-state index contributed by atoms with van der Waals surface area (Å²) in [6.45, 7) is 0. The van der Waals surface area contributed by atoms with Gasteiger partial charge in [0.1, 0.15) is 5.82 Å². The average Bonchev–Trinajstić information content (AvgIpc) is 2.38. The molecular formula is C15H10Br2F4O. The van der Waals surface area contributed by atoms with Gasteiger partial charge < -0.3 is 5.11 Å². The number of hydrogen-bond acceptors (Lipinski definition) is 1. The second kappa shape index (κ2) is 6.68. The normalized spacial score (nSPS) is 13.2. The van der Waals surface area contributed by atoms with Crippen LogP contribution >= 0.6 is 31.9 Å². The number of hydrogen-bond donors (Lipinski definition) is 1. The Hall–Kier alpha value is -0.920. The molecule has 0 saturated heterocycles. The van der Waals surface area contributed by atoms with Crippen LogP contribution in [-0.2, 0) is 12.6 Å². The lowest BCUT2D eigenvalue weighted by Gasteiger charge is -2.15. The summed E-state index contributed by atoms with van der Waals surface area (Å²) >= 11 is 6.28. The van der Waals surface area contributed by atoms with Gasteiger partial charge in [-0.05, 0) is 47.5 Å². The third kappa shape index (κ3) is 4.30. The van der Waals surface area contributed by atoms with Crippen molar-refractivity contribution in [2.75, 3.05) is 0 Å². The van der Waals surface area contributed by atoms with Gasteiger partial charge >= 0.3 is 6.18 Å². The molecule has 118 valence electrons. The van der Waals surface area contributed by atoms with Gasteiger partial charge in [-0.3, -0.25) is 0 Å². The summed E-state index contributed by atoms with van der Waals surface area (Å²) in [5, 5.41) is 10.2. The van der Waals surface area contributed by atoms with E-state index in [1.165, 1.54) is 18.2 Å². The van der Waals surface area contributed by atoms with E-state index in [9.17, 15) is 22.7 Å². The molecule has 0 radical (unpaired) electrons. The van der Waals surface area contributed by atoms with Crippen molar-refractivity contribution < 1.29 is 22.7 Å². The Morgan fingerprint density at radius 3 is 2.32 bits per heavy atom. The minimum Gasteiger partial charge on any atom is -0.388 e. The Kier molecular flexibility index (Phi) is 5.29. The lowest BCUT2D eigenvalue weighted by molar-refractivity contribution is -0.137. The molecule has 2 rings (SSSR count). The Balaban J connectivity index is 2.29. The van der Waals surface area contributed by atoms with Crippen molar-refractivity contribution in [3.8, 4) is 0 Å². The second-order valence-electron chi connectivity index (χ2n) is 4.73. The minimum absolute atomic E-state index is 0.0691. The molecule has 0 amide bonds. The third-order valence-corrected chi connectivity index (χ3v) is 4.29. The number of alkyl halides is 3. The first-order chi connectivity index (χ1) is 10.2. The summed E-state index contributed by atoms with van der Waals surface area (Å²) in [4.78, 5) is 0. The molecule has 2 aromatic rings. The summed E-state index contributed by atoms with van der Waals surface area (Å²) in [5.41, 5.74) is -0.211. The number of rotatable bonds is 3. The van der Waals surface area contributed by atoms with Crippen molar-refractivity contribution in [3.63, 3.8) is 0 Å². The zero-order valence-electron chi connectivity index (χ0n) is 11.0. The summed E-state index contributed by atoms with van der Waals surface area (Å²) in [7, 11) is 0. The van der Waals surface area contributed by atoms with Crippen molar-refractivity contribution in [2.45, 2.75) is 18.7 Å². The van der Waals surface area contributed by atoms with Crippen molar-refractivity contribution >= 4 is 31.9 Å². The first kappa shape index (κ1) is 17.4. The van der Waals surface area contributed by atoms with Crippen molar-refractivity contribution in [1.29, 1.82) is 0 Å². The first-order valence-corrected chi connectivity index (χ1v) is 7.75. The largest absolute Gasteiger partial charge is 0.416 e.